The fourth-order valence-corrected chi connectivity index (χ4v) is 6.25. The molecule has 0 unspecified atom stereocenters. The molecule has 2 heterocycles. The highest BCUT2D eigenvalue weighted by atomic mass is 32.2. The van der Waals surface area contributed by atoms with E-state index in [-0.39, 0.29) is 10.8 Å². The molecule has 2 aromatic rings. The number of rotatable bonds is 4. The van der Waals surface area contributed by atoms with E-state index in [1.807, 2.05) is 4.90 Å². The maximum atomic E-state index is 13.1. The molecule has 146 valence electrons. The SMILES string of the molecule is O=C(CC1CCCCC1)N1CCN(S(=O)(=O)c2cccc3nsnc23)CC1. The Labute approximate surface area is 163 Å². The van der Waals surface area contributed by atoms with Crippen molar-refractivity contribution >= 4 is 38.7 Å². The van der Waals surface area contributed by atoms with Crippen LogP contribution in [0.5, 0.6) is 0 Å². The van der Waals surface area contributed by atoms with Gasteiger partial charge in [0.05, 0.1) is 11.7 Å². The lowest BCUT2D eigenvalue weighted by Gasteiger charge is -2.35. The third-order valence-electron chi connectivity index (χ3n) is 5.65. The van der Waals surface area contributed by atoms with E-state index in [1.54, 1.807) is 18.2 Å². The third kappa shape index (κ3) is 3.86. The maximum Gasteiger partial charge on any atom is 0.245 e. The summed E-state index contributed by atoms with van der Waals surface area (Å²) in [6.07, 6.45) is 6.62. The summed E-state index contributed by atoms with van der Waals surface area (Å²) >= 11 is 1.01. The first kappa shape index (κ1) is 18.8. The molecule has 1 saturated heterocycles. The van der Waals surface area contributed by atoms with Crippen LogP contribution in [0.15, 0.2) is 23.1 Å². The van der Waals surface area contributed by atoms with E-state index < -0.39 is 10.0 Å². The number of amides is 1. The molecule has 1 aromatic carbocycles. The molecule has 1 saturated carbocycles. The smallest absolute Gasteiger partial charge is 0.245 e. The summed E-state index contributed by atoms with van der Waals surface area (Å²) < 4.78 is 35.8. The van der Waals surface area contributed by atoms with Crippen molar-refractivity contribution in [2.24, 2.45) is 5.92 Å². The van der Waals surface area contributed by atoms with Crippen molar-refractivity contribution in [1.29, 1.82) is 0 Å². The van der Waals surface area contributed by atoms with E-state index in [1.165, 1.54) is 23.6 Å². The van der Waals surface area contributed by atoms with Gasteiger partial charge in [0.1, 0.15) is 15.9 Å². The Balaban J connectivity index is 1.41. The molecule has 0 radical (unpaired) electrons. The van der Waals surface area contributed by atoms with Crippen LogP contribution in [-0.2, 0) is 14.8 Å². The highest BCUT2D eigenvalue weighted by molar-refractivity contribution is 7.89. The van der Waals surface area contributed by atoms with Gasteiger partial charge in [-0.1, -0.05) is 25.3 Å². The van der Waals surface area contributed by atoms with Crippen molar-refractivity contribution in [3.8, 4) is 0 Å². The fraction of sp³-hybridized carbons (Fsp3) is 0.611. The lowest BCUT2D eigenvalue weighted by atomic mass is 9.86. The first-order valence-corrected chi connectivity index (χ1v) is 11.7. The number of fused-ring (bicyclic) bond motifs is 1. The van der Waals surface area contributed by atoms with Crippen LogP contribution in [0, 0.1) is 5.92 Å². The van der Waals surface area contributed by atoms with E-state index in [2.05, 4.69) is 8.75 Å². The highest BCUT2D eigenvalue weighted by Crippen LogP contribution is 2.28. The van der Waals surface area contributed by atoms with Crippen LogP contribution in [0.1, 0.15) is 38.5 Å². The predicted molar refractivity (Wildman–Crippen MR) is 104 cm³/mol. The molecule has 4 rings (SSSR count). The number of hydrogen-bond acceptors (Lipinski definition) is 6. The molecule has 2 aliphatic rings. The Bertz CT molecular complexity index is 914. The van der Waals surface area contributed by atoms with Crippen LogP contribution in [-0.4, -0.2) is 58.5 Å². The number of piperazine rings is 1. The molecular formula is C18H24N4O3S2. The van der Waals surface area contributed by atoms with Crippen molar-refractivity contribution in [3.63, 3.8) is 0 Å². The van der Waals surface area contributed by atoms with E-state index in [9.17, 15) is 13.2 Å². The van der Waals surface area contributed by atoms with Crippen LogP contribution in [0.25, 0.3) is 11.0 Å². The lowest BCUT2D eigenvalue weighted by Crippen LogP contribution is -2.50. The minimum Gasteiger partial charge on any atom is -0.340 e. The number of benzene rings is 1. The monoisotopic (exact) mass is 408 g/mol. The van der Waals surface area contributed by atoms with Gasteiger partial charge in [0.2, 0.25) is 15.9 Å². The molecule has 7 nitrogen and oxygen atoms in total. The van der Waals surface area contributed by atoms with Crippen LogP contribution in [0.3, 0.4) is 0 Å². The Morgan fingerprint density at radius 2 is 1.81 bits per heavy atom. The minimum atomic E-state index is -3.64. The number of aromatic nitrogens is 2. The van der Waals surface area contributed by atoms with Crippen molar-refractivity contribution in [2.45, 2.75) is 43.4 Å². The normalized spacial score (nSPS) is 20.2. The molecular weight excluding hydrogens is 384 g/mol. The Morgan fingerprint density at radius 1 is 1.07 bits per heavy atom. The Morgan fingerprint density at radius 3 is 2.56 bits per heavy atom. The zero-order valence-corrected chi connectivity index (χ0v) is 16.8. The van der Waals surface area contributed by atoms with Gasteiger partial charge in [-0.05, 0) is 30.9 Å². The number of nitrogens with zero attached hydrogens (tertiary/aromatic N) is 4. The second kappa shape index (κ2) is 7.81. The largest absolute Gasteiger partial charge is 0.340 e. The first-order chi connectivity index (χ1) is 13.1. The van der Waals surface area contributed by atoms with Gasteiger partial charge in [-0.3, -0.25) is 4.79 Å². The third-order valence-corrected chi connectivity index (χ3v) is 8.12. The fourth-order valence-electron chi connectivity index (χ4n) is 4.07. The van der Waals surface area contributed by atoms with E-state index in [4.69, 9.17) is 0 Å². The van der Waals surface area contributed by atoms with Gasteiger partial charge < -0.3 is 4.90 Å². The number of carbonyl (C=O) groups is 1. The zero-order valence-electron chi connectivity index (χ0n) is 15.2. The summed E-state index contributed by atoms with van der Waals surface area (Å²) in [7, 11) is -3.64. The summed E-state index contributed by atoms with van der Waals surface area (Å²) in [6.45, 7) is 1.56. The van der Waals surface area contributed by atoms with Gasteiger partial charge in [0.15, 0.2) is 0 Å². The molecule has 0 atom stereocenters. The molecule has 9 heteroatoms. The molecule has 27 heavy (non-hydrogen) atoms. The number of hydrogen-bond donors (Lipinski definition) is 0. The zero-order chi connectivity index (χ0) is 18.9. The topological polar surface area (TPSA) is 83.5 Å². The van der Waals surface area contributed by atoms with Crippen molar-refractivity contribution in [3.05, 3.63) is 18.2 Å². The second-order valence-corrected chi connectivity index (χ2v) is 9.82. The summed E-state index contributed by atoms with van der Waals surface area (Å²) in [4.78, 5) is 14.6. The molecule has 2 fully saturated rings. The lowest BCUT2D eigenvalue weighted by molar-refractivity contribution is -0.133. The van der Waals surface area contributed by atoms with E-state index in [0.29, 0.717) is 49.6 Å². The molecule has 0 N–H and O–H groups in total. The quantitative estimate of drug-likeness (QED) is 0.776. The molecule has 1 aliphatic heterocycles. The number of sulfonamides is 1. The van der Waals surface area contributed by atoms with Crippen LogP contribution in [0.2, 0.25) is 0 Å². The van der Waals surface area contributed by atoms with Gasteiger partial charge >= 0.3 is 0 Å². The van der Waals surface area contributed by atoms with Crippen molar-refractivity contribution in [1.82, 2.24) is 18.0 Å². The number of carbonyl (C=O) groups excluding carboxylic acids is 1. The van der Waals surface area contributed by atoms with E-state index >= 15 is 0 Å². The summed E-state index contributed by atoms with van der Waals surface area (Å²) in [5, 5.41) is 0. The maximum absolute atomic E-state index is 13.1. The van der Waals surface area contributed by atoms with Gasteiger partial charge in [-0.15, -0.1) is 0 Å². The van der Waals surface area contributed by atoms with Gasteiger partial charge in [0, 0.05) is 32.6 Å². The average molecular weight is 409 g/mol. The summed E-state index contributed by atoms with van der Waals surface area (Å²) in [5.41, 5.74) is 1.03. The standard InChI is InChI=1S/C18H24N4O3S2/c23-17(13-14-5-2-1-3-6-14)21-9-11-22(12-10-21)27(24,25)16-8-4-7-15-18(16)20-26-19-15/h4,7-8,14H,1-3,5-6,9-13H2. The van der Waals surface area contributed by atoms with Gasteiger partial charge in [-0.2, -0.15) is 13.1 Å². The van der Waals surface area contributed by atoms with Crippen LogP contribution in [0.4, 0.5) is 0 Å². The summed E-state index contributed by atoms with van der Waals surface area (Å²) in [6, 6.07) is 5.04. The molecule has 1 aliphatic carbocycles. The molecule has 1 amide bonds. The predicted octanol–water partition coefficient (Wildman–Crippen LogP) is 2.49. The van der Waals surface area contributed by atoms with Gasteiger partial charge in [-0.25, -0.2) is 8.42 Å². The van der Waals surface area contributed by atoms with Gasteiger partial charge in [0.25, 0.3) is 0 Å². The minimum absolute atomic E-state index is 0.171. The molecule has 0 spiro atoms. The van der Waals surface area contributed by atoms with Crippen LogP contribution >= 0.6 is 11.7 Å². The molecule has 1 aromatic heterocycles. The first-order valence-electron chi connectivity index (χ1n) is 9.55. The van der Waals surface area contributed by atoms with Crippen molar-refractivity contribution < 1.29 is 13.2 Å². The average Bonchev–Trinajstić information content (AvgIpc) is 3.17. The molecule has 0 bridgehead atoms. The van der Waals surface area contributed by atoms with Crippen LogP contribution < -0.4 is 0 Å². The van der Waals surface area contributed by atoms with E-state index in [0.717, 1.165) is 24.6 Å². The second-order valence-electron chi connectivity index (χ2n) is 7.38. The Kier molecular flexibility index (Phi) is 5.43. The highest BCUT2D eigenvalue weighted by Gasteiger charge is 2.32. The summed E-state index contributed by atoms with van der Waals surface area (Å²) in [5.74, 6) is 0.674. The van der Waals surface area contributed by atoms with Crippen molar-refractivity contribution in [2.75, 3.05) is 26.2 Å². The Hall–Kier alpha value is -1.58.